The molecule has 1 aromatic heterocycles. The van der Waals surface area contributed by atoms with Gasteiger partial charge in [0.2, 0.25) is 0 Å². The molecule has 6 heteroatoms. The van der Waals surface area contributed by atoms with E-state index in [9.17, 15) is 4.79 Å². The van der Waals surface area contributed by atoms with E-state index in [2.05, 4.69) is 40.0 Å². The molecule has 1 fully saturated rings. The van der Waals surface area contributed by atoms with Crippen LogP contribution in [0.15, 0.2) is 46.9 Å². The smallest absolute Gasteiger partial charge is 0.274 e. The fourth-order valence-corrected chi connectivity index (χ4v) is 4.65. The standard InChI is InChI=1S/C20H19BrN2O2S/c1-13-5-4-8-17-18(13)22-20(26-17)25-14-9-11-23(12-10-14)19(24)15-6-2-3-7-16(15)21/h2-8,14H,9-12H2,1H3. The number of hydrogen-bond donors (Lipinski definition) is 0. The minimum absolute atomic E-state index is 0.0755. The van der Waals surface area contributed by atoms with Gasteiger partial charge in [-0.15, -0.1) is 0 Å². The molecule has 2 aromatic carbocycles. The van der Waals surface area contributed by atoms with Crippen LogP contribution in [-0.4, -0.2) is 35.0 Å². The number of para-hydroxylation sites is 1. The van der Waals surface area contributed by atoms with E-state index in [1.807, 2.05) is 35.2 Å². The molecule has 0 bridgehead atoms. The third-order valence-corrected chi connectivity index (χ3v) is 6.31. The average molecular weight is 431 g/mol. The predicted molar refractivity (Wildman–Crippen MR) is 108 cm³/mol. The Balaban J connectivity index is 1.39. The highest BCUT2D eigenvalue weighted by Gasteiger charge is 2.26. The summed E-state index contributed by atoms with van der Waals surface area (Å²) in [6, 6.07) is 13.8. The molecule has 26 heavy (non-hydrogen) atoms. The summed E-state index contributed by atoms with van der Waals surface area (Å²) in [5.41, 5.74) is 2.91. The molecule has 1 aliphatic rings. The maximum Gasteiger partial charge on any atom is 0.274 e. The molecule has 0 aliphatic carbocycles. The summed E-state index contributed by atoms with van der Waals surface area (Å²) in [7, 11) is 0. The molecule has 1 aliphatic heterocycles. The Bertz CT molecular complexity index is 948. The summed E-state index contributed by atoms with van der Waals surface area (Å²) in [6.45, 7) is 3.47. The van der Waals surface area contributed by atoms with E-state index >= 15 is 0 Å². The van der Waals surface area contributed by atoms with Gasteiger partial charge in [0.25, 0.3) is 11.1 Å². The Morgan fingerprint density at radius 3 is 2.69 bits per heavy atom. The zero-order chi connectivity index (χ0) is 18.1. The van der Waals surface area contributed by atoms with Gasteiger partial charge in [-0.05, 0) is 46.6 Å². The van der Waals surface area contributed by atoms with Crippen molar-refractivity contribution in [3.05, 3.63) is 58.1 Å². The van der Waals surface area contributed by atoms with E-state index in [1.165, 1.54) is 5.56 Å². The van der Waals surface area contributed by atoms with Gasteiger partial charge in [0.05, 0.1) is 15.8 Å². The number of carbonyl (C=O) groups excluding carboxylic acids is 1. The minimum atomic E-state index is 0.0755. The summed E-state index contributed by atoms with van der Waals surface area (Å²) >= 11 is 5.05. The fourth-order valence-electron chi connectivity index (χ4n) is 3.24. The highest BCUT2D eigenvalue weighted by molar-refractivity contribution is 9.10. The van der Waals surface area contributed by atoms with Crippen molar-refractivity contribution in [1.82, 2.24) is 9.88 Å². The Morgan fingerprint density at radius 1 is 1.19 bits per heavy atom. The summed E-state index contributed by atoms with van der Waals surface area (Å²) in [5, 5.41) is 0.727. The van der Waals surface area contributed by atoms with Gasteiger partial charge in [0.1, 0.15) is 6.10 Å². The lowest BCUT2D eigenvalue weighted by Crippen LogP contribution is -2.41. The first-order chi connectivity index (χ1) is 12.6. The maximum absolute atomic E-state index is 12.7. The SMILES string of the molecule is Cc1cccc2sc(OC3CCN(C(=O)c4ccccc4Br)CC3)nc12. The van der Waals surface area contributed by atoms with E-state index < -0.39 is 0 Å². The third kappa shape index (κ3) is 3.48. The first-order valence-electron chi connectivity index (χ1n) is 8.68. The van der Waals surface area contributed by atoms with Crippen molar-refractivity contribution >= 4 is 43.4 Å². The number of carbonyl (C=O) groups is 1. The van der Waals surface area contributed by atoms with Crippen LogP contribution in [0.25, 0.3) is 10.2 Å². The number of hydrogen-bond acceptors (Lipinski definition) is 4. The van der Waals surface area contributed by atoms with Crippen molar-refractivity contribution in [3.63, 3.8) is 0 Å². The van der Waals surface area contributed by atoms with Gasteiger partial charge in [0, 0.05) is 30.4 Å². The number of aryl methyl sites for hydroxylation is 1. The molecule has 3 aromatic rings. The van der Waals surface area contributed by atoms with Crippen molar-refractivity contribution < 1.29 is 9.53 Å². The number of piperidine rings is 1. The molecule has 1 saturated heterocycles. The quantitative estimate of drug-likeness (QED) is 0.583. The first-order valence-corrected chi connectivity index (χ1v) is 10.3. The average Bonchev–Trinajstić information content (AvgIpc) is 3.06. The molecular formula is C20H19BrN2O2S. The number of fused-ring (bicyclic) bond motifs is 1. The van der Waals surface area contributed by atoms with Crippen LogP contribution in [-0.2, 0) is 0 Å². The molecule has 2 heterocycles. The summed E-state index contributed by atoms with van der Waals surface area (Å²) < 4.78 is 8.11. The minimum Gasteiger partial charge on any atom is -0.467 e. The van der Waals surface area contributed by atoms with Crippen LogP contribution < -0.4 is 4.74 Å². The van der Waals surface area contributed by atoms with Crippen LogP contribution in [0.5, 0.6) is 5.19 Å². The van der Waals surface area contributed by atoms with Crippen molar-refractivity contribution in [2.45, 2.75) is 25.9 Å². The van der Waals surface area contributed by atoms with E-state index in [0.29, 0.717) is 18.7 Å². The molecule has 0 spiro atoms. The molecule has 0 atom stereocenters. The largest absolute Gasteiger partial charge is 0.467 e. The lowest BCUT2D eigenvalue weighted by Gasteiger charge is -2.31. The zero-order valence-electron chi connectivity index (χ0n) is 14.4. The number of likely N-dealkylation sites (tertiary alicyclic amines) is 1. The van der Waals surface area contributed by atoms with Crippen molar-refractivity contribution in [2.24, 2.45) is 0 Å². The first kappa shape index (κ1) is 17.5. The number of rotatable bonds is 3. The number of benzene rings is 2. The normalized spacial score (nSPS) is 15.4. The molecule has 1 amide bonds. The van der Waals surface area contributed by atoms with Gasteiger partial charge < -0.3 is 9.64 Å². The lowest BCUT2D eigenvalue weighted by atomic mass is 10.1. The lowest BCUT2D eigenvalue weighted by molar-refractivity contribution is 0.0594. The maximum atomic E-state index is 12.7. The highest BCUT2D eigenvalue weighted by Crippen LogP contribution is 2.31. The van der Waals surface area contributed by atoms with E-state index in [1.54, 1.807) is 11.3 Å². The monoisotopic (exact) mass is 430 g/mol. The van der Waals surface area contributed by atoms with Gasteiger partial charge in [-0.2, -0.15) is 0 Å². The van der Waals surface area contributed by atoms with Crippen LogP contribution in [0.2, 0.25) is 0 Å². The Labute approximate surface area is 164 Å². The second-order valence-electron chi connectivity index (χ2n) is 6.49. The van der Waals surface area contributed by atoms with Crippen LogP contribution in [0.3, 0.4) is 0 Å². The van der Waals surface area contributed by atoms with Crippen molar-refractivity contribution in [1.29, 1.82) is 0 Å². The molecule has 0 N–H and O–H groups in total. The number of ether oxygens (including phenoxy) is 1. The predicted octanol–water partition coefficient (Wildman–Crippen LogP) is 5.05. The van der Waals surface area contributed by atoms with E-state index in [0.717, 1.165) is 32.7 Å². The van der Waals surface area contributed by atoms with Gasteiger partial charge in [-0.3, -0.25) is 4.79 Å². The number of amides is 1. The second-order valence-corrected chi connectivity index (χ2v) is 8.34. The number of thiazole rings is 1. The van der Waals surface area contributed by atoms with Crippen LogP contribution >= 0.6 is 27.3 Å². The Hall–Kier alpha value is -1.92. The van der Waals surface area contributed by atoms with Gasteiger partial charge in [-0.25, -0.2) is 4.98 Å². The summed E-state index contributed by atoms with van der Waals surface area (Å²) in [5.74, 6) is 0.0755. The molecule has 0 unspecified atom stereocenters. The second kappa shape index (κ2) is 7.37. The molecule has 134 valence electrons. The van der Waals surface area contributed by atoms with E-state index in [-0.39, 0.29) is 12.0 Å². The van der Waals surface area contributed by atoms with Crippen molar-refractivity contribution in [3.8, 4) is 5.19 Å². The van der Waals surface area contributed by atoms with E-state index in [4.69, 9.17) is 4.74 Å². The fraction of sp³-hybridized carbons (Fsp3) is 0.300. The summed E-state index contributed by atoms with van der Waals surface area (Å²) in [6.07, 6.45) is 1.76. The number of halogens is 1. The number of aromatic nitrogens is 1. The van der Waals surface area contributed by atoms with Gasteiger partial charge >= 0.3 is 0 Å². The summed E-state index contributed by atoms with van der Waals surface area (Å²) in [4.78, 5) is 19.2. The van der Waals surface area contributed by atoms with Crippen LogP contribution in [0.1, 0.15) is 28.8 Å². The molecule has 0 saturated carbocycles. The Morgan fingerprint density at radius 2 is 1.96 bits per heavy atom. The highest BCUT2D eigenvalue weighted by atomic mass is 79.9. The Kier molecular flexibility index (Phi) is 4.96. The van der Waals surface area contributed by atoms with Gasteiger partial charge in [-0.1, -0.05) is 35.6 Å². The van der Waals surface area contributed by atoms with Crippen LogP contribution in [0, 0.1) is 6.92 Å². The van der Waals surface area contributed by atoms with Crippen molar-refractivity contribution in [2.75, 3.05) is 13.1 Å². The molecule has 4 rings (SSSR count). The zero-order valence-corrected chi connectivity index (χ0v) is 16.8. The topological polar surface area (TPSA) is 42.4 Å². The molecule has 4 nitrogen and oxygen atoms in total. The molecular weight excluding hydrogens is 412 g/mol. The number of nitrogens with zero attached hydrogens (tertiary/aromatic N) is 2. The third-order valence-electron chi connectivity index (χ3n) is 4.70. The molecule has 0 radical (unpaired) electrons. The van der Waals surface area contributed by atoms with Crippen LogP contribution in [0.4, 0.5) is 0 Å². The van der Waals surface area contributed by atoms with Gasteiger partial charge in [0.15, 0.2) is 0 Å².